The first-order chi connectivity index (χ1) is 7.13. The minimum Gasteiger partial charge on any atom is -0.325 e. The van der Waals surface area contributed by atoms with Crippen LogP contribution in [-0.4, -0.2) is 16.8 Å². The van der Waals surface area contributed by atoms with Crippen LogP contribution in [-0.2, 0) is 4.79 Å². The second kappa shape index (κ2) is 5.93. The van der Waals surface area contributed by atoms with E-state index in [1.807, 2.05) is 0 Å². The molecule has 15 heavy (non-hydrogen) atoms. The van der Waals surface area contributed by atoms with Gasteiger partial charge in [0.15, 0.2) is 0 Å². The summed E-state index contributed by atoms with van der Waals surface area (Å²) in [6.07, 6.45) is 1.10. The van der Waals surface area contributed by atoms with Crippen LogP contribution in [0, 0.1) is 6.92 Å². The Bertz CT molecular complexity index is 355. The molecule has 0 aliphatic carbocycles. The summed E-state index contributed by atoms with van der Waals surface area (Å²) in [5.41, 5.74) is 1.40. The van der Waals surface area contributed by atoms with Crippen LogP contribution >= 0.6 is 23.2 Å². The topological polar surface area (TPSA) is 42.0 Å². The lowest BCUT2D eigenvalue weighted by molar-refractivity contribution is -0.116. The number of halogens is 2. The summed E-state index contributed by atoms with van der Waals surface area (Å²) in [7, 11) is 0. The lowest BCUT2D eigenvalue weighted by Gasteiger charge is -2.07. The van der Waals surface area contributed by atoms with Crippen molar-refractivity contribution in [3.8, 4) is 0 Å². The minimum atomic E-state index is -0.0529. The predicted molar refractivity (Wildman–Crippen MR) is 62.6 cm³/mol. The standard InChI is InChI=1S/C10H12Cl2N2O/c1-7-8(4-5-9(12)13-7)14-10(15)3-2-6-11/h4-5H,2-3,6H2,1H3,(H,14,15). The molecule has 0 fully saturated rings. The maximum atomic E-state index is 11.4. The molecule has 1 rings (SSSR count). The van der Waals surface area contributed by atoms with Crippen molar-refractivity contribution in [2.45, 2.75) is 19.8 Å². The fourth-order valence-electron chi connectivity index (χ4n) is 1.10. The van der Waals surface area contributed by atoms with E-state index in [4.69, 9.17) is 23.2 Å². The summed E-state index contributed by atoms with van der Waals surface area (Å²) in [5, 5.41) is 3.18. The number of aromatic nitrogens is 1. The molecule has 0 spiro atoms. The van der Waals surface area contributed by atoms with E-state index in [1.54, 1.807) is 19.1 Å². The zero-order chi connectivity index (χ0) is 11.3. The molecule has 82 valence electrons. The predicted octanol–water partition coefficient (Wildman–Crippen LogP) is 3.00. The molecule has 1 heterocycles. The zero-order valence-corrected chi connectivity index (χ0v) is 9.90. The third-order valence-electron chi connectivity index (χ3n) is 1.86. The average molecular weight is 247 g/mol. The Labute approximate surface area is 98.8 Å². The highest BCUT2D eigenvalue weighted by Crippen LogP contribution is 2.15. The van der Waals surface area contributed by atoms with Gasteiger partial charge in [0.25, 0.3) is 0 Å². The van der Waals surface area contributed by atoms with Crippen molar-refractivity contribution in [1.29, 1.82) is 0 Å². The number of amides is 1. The van der Waals surface area contributed by atoms with E-state index in [2.05, 4.69) is 10.3 Å². The summed E-state index contributed by atoms with van der Waals surface area (Å²) < 4.78 is 0. The molecule has 0 aliphatic rings. The molecule has 1 aromatic heterocycles. The first-order valence-electron chi connectivity index (χ1n) is 4.62. The summed E-state index contributed by atoms with van der Waals surface area (Å²) in [6, 6.07) is 3.38. The Morgan fingerprint density at radius 2 is 2.27 bits per heavy atom. The molecule has 0 saturated heterocycles. The minimum absolute atomic E-state index is 0.0529. The second-order valence-corrected chi connectivity index (χ2v) is 3.87. The van der Waals surface area contributed by atoms with Crippen LogP contribution in [0.1, 0.15) is 18.5 Å². The molecular weight excluding hydrogens is 235 g/mol. The van der Waals surface area contributed by atoms with E-state index >= 15 is 0 Å². The van der Waals surface area contributed by atoms with Crippen LogP contribution in [0.5, 0.6) is 0 Å². The molecule has 0 unspecified atom stereocenters. The molecule has 3 nitrogen and oxygen atoms in total. The van der Waals surface area contributed by atoms with Gasteiger partial charge in [-0.2, -0.15) is 0 Å². The van der Waals surface area contributed by atoms with Crippen molar-refractivity contribution in [1.82, 2.24) is 4.98 Å². The van der Waals surface area contributed by atoms with Crippen molar-refractivity contribution < 1.29 is 4.79 Å². The van der Waals surface area contributed by atoms with Gasteiger partial charge < -0.3 is 5.32 Å². The smallest absolute Gasteiger partial charge is 0.224 e. The molecule has 0 bridgehead atoms. The number of carbonyl (C=O) groups excluding carboxylic acids is 1. The van der Waals surface area contributed by atoms with Crippen LogP contribution in [0.2, 0.25) is 5.15 Å². The summed E-state index contributed by atoms with van der Waals surface area (Å²) >= 11 is 11.2. The van der Waals surface area contributed by atoms with Gasteiger partial charge in [0.05, 0.1) is 11.4 Å². The van der Waals surface area contributed by atoms with Crippen LogP contribution in [0.4, 0.5) is 5.69 Å². The average Bonchev–Trinajstić information content (AvgIpc) is 2.19. The van der Waals surface area contributed by atoms with Gasteiger partial charge in [-0.15, -0.1) is 11.6 Å². The van der Waals surface area contributed by atoms with Crippen LogP contribution in [0.25, 0.3) is 0 Å². The maximum absolute atomic E-state index is 11.4. The number of pyridine rings is 1. The summed E-state index contributed by atoms with van der Waals surface area (Å²) in [5.74, 6) is 0.438. The molecule has 0 atom stereocenters. The number of anilines is 1. The van der Waals surface area contributed by atoms with Gasteiger partial charge in [-0.25, -0.2) is 4.98 Å². The molecule has 0 radical (unpaired) electrons. The first-order valence-corrected chi connectivity index (χ1v) is 5.53. The number of aryl methyl sites for hydroxylation is 1. The number of carbonyl (C=O) groups is 1. The molecule has 0 aliphatic heterocycles. The van der Waals surface area contributed by atoms with Gasteiger partial charge >= 0.3 is 0 Å². The van der Waals surface area contributed by atoms with E-state index in [1.165, 1.54) is 0 Å². The molecule has 1 amide bonds. The Morgan fingerprint density at radius 1 is 1.53 bits per heavy atom. The van der Waals surface area contributed by atoms with E-state index in [0.717, 1.165) is 0 Å². The van der Waals surface area contributed by atoms with Crippen LogP contribution in [0.15, 0.2) is 12.1 Å². The van der Waals surface area contributed by atoms with Gasteiger partial charge in [0.1, 0.15) is 5.15 Å². The Hall–Kier alpha value is -0.800. The number of nitrogens with zero attached hydrogens (tertiary/aromatic N) is 1. The van der Waals surface area contributed by atoms with E-state index < -0.39 is 0 Å². The van der Waals surface area contributed by atoms with Crippen LogP contribution in [0.3, 0.4) is 0 Å². The van der Waals surface area contributed by atoms with E-state index in [-0.39, 0.29) is 5.91 Å². The van der Waals surface area contributed by atoms with Gasteiger partial charge in [0, 0.05) is 12.3 Å². The van der Waals surface area contributed by atoms with Crippen molar-refractivity contribution in [2.24, 2.45) is 0 Å². The fourth-order valence-corrected chi connectivity index (χ4v) is 1.43. The number of hydrogen-bond acceptors (Lipinski definition) is 2. The maximum Gasteiger partial charge on any atom is 0.224 e. The normalized spacial score (nSPS) is 10.1. The number of alkyl halides is 1. The number of rotatable bonds is 4. The van der Waals surface area contributed by atoms with Gasteiger partial charge in [0.2, 0.25) is 5.91 Å². The Morgan fingerprint density at radius 3 is 2.87 bits per heavy atom. The van der Waals surface area contributed by atoms with Crippen molar-refractivity contribution in [3.05, 3.63) is 23.0 Å². The largest absolute Gasteiger partial charge is 0.325 e. The van der Waals surface area contributed by atoms with Gasteiger partial charge in [-0.05, 0) is 25.5 Å². The quantitative estimate of drug-likeness (QED) is 0.656. The number of hydrogen-bond donors (Lipinski definition) is 1. The van der Waals surface area contributed by atoms with Crippen molar-refractivity contribution in [3.63, 3.8) is 0 Å². The lowest BCUT2D eigenvalue weighted by atomic mass is 10.3. The molecule has 0 aromatic carbocycles. The lowest BCUT2D eigenvalue weighted by Crippen LogP contribution is -2.12. The molecule has 1 N–H and O–H groups in total. The Balaban J connectivity index is 2.60. The Kier molecular flexibility index (Phi) is 4.85. The highest BCUT2D eigenvalue weighted by Gasteiger charge is 2.05. The van der Waals surface area contributed by atoms with Crippen LogP contribution < -0.4 is 5.32 Å². The second-order valence-electron chi connectivity index (χ2n) is 3.11. The number of nitrogens with one attached hydrogen (secondary N) is 1. The highest BCUT2D eigenvalue weighted by molar-refractivity contribution is 6.29. The monoisotopic (exact) mass is 246 g/mol. The fraction of sp³-hybridized carbons (Fsp3) is 0.400. The zero-order valence-electron chi connectivity index (χ0n) is 8.39. The highest BCUT2D eigenvalue weighted by atomic mass is 35.5. The van der Waals surface area contributed by atoms with Crippen molar-refractivity contribution in [2.75, 3.05) is 11.2 Å². The summed E-state index contributed by atoms with van der Waals surface area (Å²) in [4.78, 5) is 15.4. The third kappa shape index (κ3) is 4.06. The SMILES string of the molecule is Cc1nc(Cl)ccc1NC(=O)CCCCl. The third-order valence-corrected chi connectivity index (χ3v) is 2.34. The van der Waals surface area contributed by atoms with E-state index in [9.17, 15) is 4.79 Å². The first kappa shape index (κ1) is 12.3. The van der Waals surface area contributed by atoms with Gasteiger partial charge in [-0.3, -0.25) is 4.79 Å². The molecule has 1 aromatic rings. The van der Waals surface area contributed by atoms with Crippen molar-refractivity contribution >= 4 is 34.8 Å². The van der Waals surface area contributed by atoms with E-state index in [0.29, 0.717) is 35.3 Å². The molecular formula is C10H12Cl2N2O. The molecule has 0 saturated carbocycles. The molecule has 5 heteroatoms. The summed E-state index contributed by atoms with van der Waals surface area (Å²) in [6.45, 7) is 1.79. The van der Waals surface area contributed by atoms with Gasteiger partial charge in [-0.1, -0.05) is 11.6 Å².